The summed E-state index contributed by atoms with van der Waals surface area (Å²) in [5, 5.41) is 0. The van der Waals surface area contributed by atoms with E-state index in [2.05, 4.69) is 131 Å². The van der Waals surface area contributed by atoms with Gasteiger partial charge in [-0.2, -0.15) is 0 Å². The maximum atomic E-state index is 3.59. The third-order valence-electron chi connectivity index (χ3n) is 4.46. The van der Waals surface area contributed by atoms with Crippen molar-refractivity contribution < 1.29 is 0 Å². The van der Waals surface area contributed by atoms with Crippen molar-refractivity contribution in [2.24, 2.45) is 0 Å². The monoisotopic (exact) mass is 418 g/mol. The standard InChI is InChI=1S/C24H19BrS/c25-20-16-18-24(19-17-20)26(21-10-4-1-5-11-21,22-12-6-2-7-13-22)23-14-8-3-9-15-23/h1-19H. The van der Waals surface area contributed by atoms with Gasteiger partial charge in [-0.3, -0.25) is 0 Å². The van der Waals surface area contributed by atoms with E-state index in [-0.39, 0.29) is 0 Å². The fraction of sp³-hybridized carbons (Fsp3) is 0. The first-order valence-electron chi connectivity index (χ1n) is 8.56. The molecule has 4 aromatic carbocycles. The van der Waals surface area contributed by atoms with Crippen LogP contribution in [0.25, 0.3) is 0 Å². The summed E-state index contributed by atoms with van der Waals surface area (Å²) in [6.45, 7) is 0. The molecule has 4 rings (SSSR count). The van der Waals surface area contributed by atoms with Crippen LogP contribution < -0.4 is 0 Å². The van der Waals surface area contributed by atoms with Crippen LogP contribution in [0.1, 0.15) is 0 Å². The first-order chi connectivity index (χ1) is 12.8. The smallest absolute Gasteiger partial charge is 0.0176 e. The summed E-state index contributed by atoms with van der Waals surface area (Å²) in [4.78, 5) is 5.38. The summed E-state index contributed by atoms with van der Waals surface area (Å²) < 4.78 is 1.10. The highest BCUT2D eigenvalue weighted by molar-refractivity contribution is 9.10. The van der Waals surface area contributed by atoms with Crippen LogP contribution in [0.3, 0.4) is 0 Å². The van der Waals surface area contributed by atoms with Crippen LogP contribution in [0, 0.1) is 0 Å². The predicted octanol–water partition coefficient (Wildman–Crippen LogP) is 7.79. The second-order valence-corrected chi connectivity index (χ2v) is 10.0. The molecule has 26 heavy (non-hydrogen) atoms. The zero-order chi connectivity index (χ0) is 17.8. The molecule has 0 bridgehead atoms. The summed E-state index contributed by atoms with van der Waals surface area (Å²) in [6.07, 6.45) is 0. The lowest BCUT2D eigenvalue weighted by molar-refractivity contribution is 1.24. The molecule has 0 fully saturated rings. The first-order valence-corrected chi connectivity index (χ1v) is 11.0. The highest BCUT2D eigenvalue weighted by Crippen LogP contribution is 2.73. The van der Waals surface area contributed by atoms with Gasteiger partial charge < -0.3 is 0 Å². The molecule has 0 spiro atoms. The summed E-state index contributed by atoms with van der Waals surface area (Å²) in [6, 6.07) is 41.5. The van der Waals surface area contributed by atoms with E-state index in [9.17, 15) is 0 Å². The maximum absolute atomic E-state index is 3.59. The molecule has 0 aliphatic carbocycles. The Labute approximate surface area is 165 Å². The number of hydrogen-bond acceptors (Lipinski definition) is 0. The molecule has 128 valence electrons. The van der Waals surface area contributed by atoms with Crippen LogP contribution in [-0.4, -0.2) is 0 Å². The van der Waals surface area contributed by atoms with Crippen LogP contribution in [0.2, 0.25) is 0 Å². The minimum atomic E-state index is -1.55. The number of benzene rings is 4. The van der Waals surface area contributed by atoms with E-state index < -0.39 is 10.0 Å². The lowest BCUT2D eigenvalue weighted by Gasteiger charge is -2.42. The fourth-order valence-electron chi connectivity index (χ4n) is 3.33. The van der Waals surface area contributed by atoms with E-state index in [0.29, 0.717) is 0 Å². The third kappa shape index (κ3) is 3.00. The lowest BCUT2D eigenvalue weighted by Crippen LogP contribution is -2.04. The van der Waals surface area contributed by atoms with E-state index in [1.165, 1.54) is 19.6 Å². The average molecular weight is 419 g/mol. The van der Waals surface area contributed by atoms with Gasteiger partial charge >= 0.3 is 0 Å². The minimum Gasteiger partial charge on any atom is -0.133 e. The van der Waals surface area contributed by atoms with Crippen molar-refractivity contribution >= 4 is 26.0 Å². The van der Waals surface area contributed by atoms with Crippen molar-refractivity contribution in [2.75, 3.05) is 0 Å². The van der Waals surface area contributed by atoms with Crippen LogP contribution in [0.15, 0.2) is 139 Å². The Morgan fingerprint density at radius 3 is 1.04 bits per heavy atom. The molecule has 0 nitrogen and oxygen atoms in total. The zero-order valence-corrected chi connectivity index (χ0v) is 16.7. The molecule has 0 aliphatic rings. The highest BCUT2D eigenvalue weighted by atomic mass is 79.9. The summed E-state index contributed by atoms with van der Waals surface area (Å²) in [7, 11) is -1.55. The second kappa shape index (κ2) is 7.53. The second-order valence-electron chi connectivity index (χ2n) is 6.01. The van der Waals surface area contributed by atoms with Crippen molar-refractivity contribution in [1.29, 1.82) is 0 Å². The Kier molecular flexibility index (Phi) is 4.96. The van der Waals surface area contributed by atoms with Gasteiger partial charge in [0.2, 0.25) is 0 Å². The van der Waals surface area contributed by atoms with Crippen molar-refractivity contribution in [3.05, 3.63) is 120 Å². The van der Waals surface area contributed by atoms with E-state index in [4.69, 9.17) is 0 Å². The SMILES string of the molecule is Brc1ccc(S(c2ccccc2)(c2ccccc2)c2ccccc2)cc1. The maximum Gasteiger partial charge on any atom is 0.0176 e. The molecule has 0 amide bonds. The largest absolute Gasteiger partial charge is 0.133 e. The predicted molar refractivity (Wildman–Crippen MR) is 114 cm³/mol. The molecule has 0 aromatic heterocycles. The summed E-state index contributed by atoms with van der Waals surface area (Å²) in [5.74, 6) is 0. The molecule has 2 heteroatoms. The Bertz CT molecular complexity index is 868. The Hall–Kier alpha value is -2.29. The van der Waals surface area contributed by atoms with Gasteiger partial charge in [0.1, 0.15) is 0 Å². The van der Waals surface area contributed by atoms with Crippen LogP contribution in [-0.2, 0) is 0 Å². The molecule has 0 radical (unpaired) electrons. The Morgan fingerprint density at radius 2 is 0.692 bits per heavy atom. The van der Waals surface area contributed by atoms with E-state index in [1.807, 2.05) is 0 Å². The molecular weight excluding hydrogens is 400 g/mol. The number of halogens is 1. The van der Waals surface area contributed by atoms with Crippen molar-refractivity contribution in [2.45, 2.75) is 19.6 Å². The Balaban J connectivity index is 2.12. The molecule has 0 heterocycles. The van der Waals surface area contributed by atoms with E-state index >= 15 is 0 Å². The van der Waals surface area contributed by atoms with Crippen LogP contribution in [0.5, 0.6) is 0 Å². The minimum absolute atomic E-state index is 1.10. The van der Waals surface area contributed by atoms with Gasteiger partial charge in [0.05, 0.1) is 0 Å². The van der Waals surface area contributed by atoms with Gasteiger partial charge in [0.15, 0.2) is 0 Å². The highest BCUT2D eigenvalue weighted by Gasteiger charge is 2.32. The van der Waals surface area contributed by atoms with Gasteiger partial charge in [0.25, 0.3) is 0 Å². The molecule has 0 saturated carbocycles. The first kappa shape index (κ1) is 17.1. The van der Waals surface area contributed by atoms with Gasteiger partial charge in [-0.15, -0.1) is 10.0 Å². The Morgan fingerprint density at radius 1 is 0.385 bits per heavy atom. The number of rotatable bonds is 4. The third-order valence-corrected chi connectivity index (χ3v) is 8.90. The fourth-order valence-corrected chi connectivity index (χ4v) is 7.47. The van der Waals surface area contributed by atoms with Gasteiger partial charge in [0, 0.05) is 24.1 Å². The van der Waals surface area contributed by atoms with E-state index in [0.717, 1.165) is 4.47 Å². The van der Waals surface area contributed by atoms with Gasteiger partial charge in [-0.25, -0.2) is 0 Å². The number of hydrogen-bond donors (Lipinski definition) is 0. The molecular formula is C24H19BrS. The topological polar surface area (TPSA) is 0 Å². The summed E-state index contributed by atoms with van der Waals surface area (Å²) in [5.41, 5.74) is 0. The van der Waals surface area contributed by atoms with Gasteiger partial charge in [-0.1, -0.05) is 70.5 Å². The quantitative estimate of drug-likeness (QED) is 0.317. The molecule has 0 unspecified atom stereocenters. The molecule has 0 saturated heterocycles. The normalized spacial score (nSPS) is 11.9. The van der Waals surface area contributed by atoms with Crippen molar-refractivity contribution in [3.8, 4) is 0 Å². The average Bonchev–Trinajstić information content (AvgIpc) is 2.72. The zero-order valence-electron chi connectivity index (χ0n) is 14.3. The molecule has 0 aliphatic heterocycles. The molecule has 0 N–H and O–H groups in total. The van der Waals surface area contributed by atoms with Crippen molar-refractivity contribution in [1.82, 2.24) is 0 Å². The molecule has 4 aromatic rings. The van der Waals surface area contributed by atoms with Gasteiger partial charge in [-0.05, 0) is 60.7 Å². The lowest BCUT2D eigenvalue weighted by atomic mass is 10.3. The van der Waals surface area contributed by atoms with Crippen LogP contribution >= 0.6 is 26.0 Å². The van der Waals surface area contributed by atoms with Crippen molar-refractivity contribution in [3.63, 3.8) is 0 Å². The summed E-state index contributed by atoms with van der Waals surface area (Å²) >= 11 is 3.59. The molecule has 0 atom stereocenters. The van der Waals surface area contributed by atoms with E-state index in [1.54, 1.807) is 0 Å². The van der Waals surface area contributed by atoms with Crippen LogP contribution in [0.4, 0.5) is 0 Å².